The minimum absolute atomic E-state index is 0.204. The molecule has 0 atom stereocenters. The van der Waals surface area contributed by atoms with E-state index in [1.165, 1.54) is 0 Å². The van der Waals surface area contributed by atoms with Crippen LogP contribution >= 0.6 is 0 Å². The summed E-state index contributed by atoms with van der Waals surface area (Å²) in [5.41, 5.74) is 2.99. The third-order valence-corrected chi connectivity index (χ3v) is 2.57. The molecule has 0 unspecified atom stereocenters. The van der Waals surface area contributed by atoms with Crippen molar-refractivity contribution in [2.24, 2.45) is 0 Å². The number of ether oxygens (including phenoxy) is 1. The molecular formula is C12H13BO2. The summed E-state index contributed by atoms with van der Waals surface area (Å²) >= 11 is 0. The number of fused-ring (bicyclic) bond motifs is 1. The van der Waals surface area contributed by atoms with E-state index in [2.05, 4.69) is 12.9 Å². The minimum atomic E-state index is -0.204. The van der Waals surface area contributed by atoms with Crippen LogP contribution in [0.4, 0.5) is 0 Å². The van der Waals surface area contributed by atoms with Gasteiger partial charge in [0.25, 0.3) is 0 Å². The van der Waals surface area contributed by atoms with E-state index in [1.54, 1.807) is 0 Å². The molecule has 15 heavy (non-hydrogen) atoms. The van der Waals surface area contributed by atoms with Crippen LogP contribution in [-0.4, -0.2) is 25.5 Å². The summed E-state index contributed by atoms with van der Waals surface area (Å²) in [5, 5.41) is 0. The first-order chi connectivity index (χ1) is 7.33. The fraction of sp³-hybridized carbons (Fsp3) is 0.333. The second kappa shape index (κ2) is 4.43. The van der Waals surface area contributed by atoms with E-state index in [4.69, 9.17) is 4.74 Å². The average Bonchev–Trinajstić information content (AvgIpc) is 2.28. The molecule has 0 aromatic heterocycles. The van der Waals surface area contributed by atoms with E-state index in [0.29, 0.717) is 6.61 Å². The number of benzene rings is 1. The molecule has 1 aliphatic heterocycles. The van der Waals surface area contributed by atoms with Gasteiger partial charge in [-0.05, 0) is 0 Å². The molecule has 2 rings (SSSR count). The fourth-order valence-corrected chi connectivity index (χ4v) is 1.88. The fourth-order valence-electron chi connectivity index (χ4n) is 1.88. The second-order valence-corrected chi connectivity index (χ2v) is 3.53. The summed E-state index contributed by atoms with van der Waals surface area (Å²) in [6, 6.07) is 5.78. The molecule has 0 amide bonds. The Balaban J connectivity index is 2.40. The normalized spacial score (nSPS) is 12.9. The molecule has 1 heterocycles. The molecule has 0 N–H and O–H groups in total. The van der Waals surface area contributed by atoms with Crippen LogP contribution in [0.15, 0.2) is 18.2 Å². The van der Waals surface area contributed by atoms with Gasteiger partial charge in [-0.2, -0.15) is 0 Å². The monoisotopic (exact) mass is 200 g/mol. The van der Waals surface area contributed by atoms with Crippen LogP contribution in [-0.2, 0) is 11.2 Å². The standard InChI is InChI=1S/C12H13BO2/c1-2-15-12(14)11-5-3-4-9-8-13-7-6-10(9)11/h3-5,8H,2,6-7H2,1H3. The molecule has 3 heteroatoms. The number of hydrogen-bond acceptors (Lipinski definition) is 2. The number of carbonyl (C=O) groups excluding carboxylic acids is 1. The topological polar surface area (TPSA) is 26.3 Å². The summed E-state index contributed by atoms with van der Waals surface area (Å²) in [6.45, 7) is 4.39. The van der Waals surface area contributed by atoms with Gasteiger partial charge in [-0.1, -0.05) is 0 Å². The predicted octanol–water partition coefficient (Wildman–Crippen LogP) is 1.69. The zero-order chi connectivity index (χ0) is 10.7. The Bertz CT molecular complexity index is 410. The zero-order valence-electron chi connectivity index (χ0n) is 8.82. The van der Waals surface area contributed by atoms with Gasteiger partial charge in [-0.25, -0.2) is 0 Å². The summed E-state index contributed by atoms with van der Waals surface area (Å²) in [6.07, 6.45) is 1.93. The molecule has 0 saturated carbocycles. The third kappa shape index (κ3) is 2.01. The van der Waals surface area contributed by atoms with Gasteiger partial charge in [0.05, 0.1) is 0 Å². The van der Waals surface area contributed by atoms with Gasteiger partial charge in [0, 0.05) is 0 Å². The van der Waals surface area contributed by atoms with Gasteiger partial charge in [0.2, 0.25) is 0 Å². The van der Waals surface area contributed by atoms with Crippen molar-refractivity contribution in [3.63, 3.8) is 0 Å². The molecule has 76 valence electrons. The van der Waals surface area contributed by atoms with E-state index in [1.807, 2.05) is 25.1 Å². The Hall–Kier alpha value is -1.38. The van der Waals surface area contributed by atoms with Crippen molar-refractivity contribution >= 4 is 18.9 Å². The zero-order valence-corrected chi connectivity index (χ0v) is 8.82. The van der Waals surface area contributed by atoms with Crippen molar-refractivity contribution in [3.05, 3.63) is 34.9 Å². The van der Waals surface area contributed by atoms with Crippen molar-refractivity contribution in [1.29, 1.82) is 0 Å². The average molecular weight is 200 g/mol. The van der Waals surface area contributed by atoms with Crippen LogP contribution in [0, 0.1) is 0 Å². The summed E-state index contributed by atoms with van der Waals surface area (Å²) in [7, 11) is 0. The Labute approximate surface area is 90.2 Å². The maximum atomic E-state index is 11.7. The Morgan fingerprint density at radius 2 is 2.40 bits per heavy atom. The second-order valence-electron chi connectivity index (χ2n) is 3.53. The van der Waals surface area contributed by atoms with Gasteiger partial charge in [-0.15, -0.1) is 0 Å². The molecule has 0 spiro atoms. The van der Waals surface area contributed by atoms with Crippen LogP contribution in [0.1, 0.15) is 28.4 Å². The number of rotatable bonds is 2. The van der Waals surface area contributed by atoms with Crippen molar-refractivity contribution in [1.82, 2.24) is 0 Å². The van der Waals surface area contributed by atoms with Gasteiger partial charge in [0.15, 0.2) is 0 Å². The number of esters is 1. The first-order valence-electron chi connectivity index (χ1n) is 5.28. The van der Waals surface area contributed by atoms with E-state index >= 15 is 0 Å². The quantitative estimate of drug-likeness (QED) is 0.536. The first-order valence-corrected chi connectivity index (χ1v) is 5.28. The van der Waals surface area contributed by atoms with Gasteiger partial charge < -0.3 is 0 Å². The van der Waals surface area contributed by atoms with Crippen LogP contribution in [0.3, 0.4) is 0 Å². The predicted molar refractivity (Wildman–Crippen MR) is 61.8 cm³/mol. The Morgan fingerprint density at radius 1 is 1.53 bits per heavy atom. The van der Waals surface area contributed by atoms with Gasteiger partial charge in [-0.3, -0.25) is 0 Å². The summed E-state index contributed by atoms with van der Waals surface area (Å²) in [4.78, 5) is 11.7. The molecule has 0 bridgehead atoms. The van der Waals surface area contributed by atoms with Gasteiger partial charge >= 0.3 is 89.5 Å². The van der Waals surface area contributed by atoms with Crippen molar-refractivity contribution < 1.29 is 9.53 Å². The van der Waals surface area contributed by atoms with E-state index in [-0.39, 0.29) is 5.97 Å². The SMILES string of the molecule is CCOC(=O)c1cccc2c1CCB=C2. The van der Waals surface area contributed by atoms with Crippen LogP contribution < -0.4 is 0 Å². The molecule has 0 fully saturated rings. The van der Waals surface area contributed by atoms with Crippen LogP contribution in [0.2, 0.25) is 6.32 Å². The maximum absolute atomic E-state index is 11.7. The van der Waals surface area contributed by atoms with Crippen LogP contribution in [0.5, 0.6) is 0 Å². The van der Waals surface area contributed by atoms with Crippen molar-refractivity contribution in [2.45, 2.75) is 19.7 Å². The Kier molecular flexibility index (Phi) is 3.00. The molecule has 2 nitrogen and oxygen atoms in total. The Morgan fingerprint density at radius 3 is 3.20 bits per heavy atom. The van der Waals surface area contributed by atoms with Crippen molar-refractivity contribution in [3.8, 4) is 0 Å². The third-order valence-electron chi connectivity index (χ3n) is 2.57. The van der Waals surface area contributed by atoms with Crippen molar-refractivity contribution in [2.75, 3.05) is 6.61 Å². The molecular weight excluding hydrogens is 187 g/mol. The molecule has 0 radical (unpaired) electrons. The number of carbonyl (C=O) groups is 1. The first kappa shape index (κ1) is 10.2. The van der Waals surface area contributed by atoms with E-state index in [9.17, 15) is 4.79 Å². The van der Waals surface area contributed by atoms with Gasteiger partial charge in [0.1, 0.15) is 0 Å². The molecule has 1 aliphatic rings. The number of hydrogen-bond donors (Lipinski definition) is 0. The van der Waals surface area contributed by atoms with Crippen LogP contribution in [0.25, 0.3) is 0 Å². The molecule has 1 aromatic rings. The van der Waals surface area contributed by atoms with E-state index in [0.717, 1.165) is 29.4 Å². The summed E-state index contributed by atoms with van der Waals surface area (Å²) in [5.74, 6) is 1.87. The molecule has 1 aromatic carbocycles. The molecule has 0 aliphatic carbocycles. The molecule has 0 saturated heterocycles. The van der Waals surface area contributed by atoms with E-state index < -0.39 is 0 Å². The summed E-state index contributed by atoms with van der Waals surface area (Å²) < 4.78 is 5.03.